The molecule has 0 spiro atoms. The van der Waals surface area contributed by atoms with E-state index in [0.717, 1.165) is 5.56 Å². The number of ether oxygens (including phenoxy) is 2. The molecule has 0 aromatic heterocycles. The molecule has 0 saturated heterocycles. The van der Waals surface area contributed by atoms with E-state index >= 15 is 0 Å². The molecule has 0 aliphatic rings. The molecule has 2 aromatic rings. The summed E-state index contributed by atoms with van der Waals surface area (Å²) < 4.78 is 41.8. The summed E-state index contributed by atoms with van der Waals surface area (Å²) in [7, 11) is -2.99. The minimum Gasteiger partial charge on any atom is -1.00 e. The number of benzene rings is 2. The average molecular weight is 334 g/mol. The minimum atomic E-state index is -4.31. The maximum absolute atomic E-state index is 11.1. The van der Waals surface area contributed by atoms with Crippen molar-refractivity contribution < 1.29 is 75.3 Å². The molecule has 0 fully saturated rings. The van der Waals surface area contributed by atoms with Crippen molar-refractivity contribution in [1.82, 2.24) is 0 Å². The van der Waals surface area contributed by atoms with Crippen LogP contribution < -0.4 is 60.9 Å². The first-order valence-electron chi connectivity index (χ1n) is 5.83. The second kappa shape index (κ2) is 8.28. The summed E-state index contributed by atoms with van der Waals surface area (Å²) in [4.78, 5) is -0.285. The van der Waals surface area contributed by atoms with Gasteiger partial charge >= 0.3 is 51.4 Å². The van der Waals surface area contributed by atoms with Crippen LogP contribution in [-0.2, 0) is 16.7 Å². The molecule has 1 N–H and O–H groups in total. The quantitative estimate of drug-likeness (QED) is 0.597. The van der Waals surface area contributed by atoms with E-state index in [0.29, 0.717) is 12.4 Å². The topological polar surface area (TPSA) is 72.8 Å². The average Bonchev–Trinajstić information content (AvgIpc) is 2.45. The maximum Gasteiger partial charge on any atom is 1.00 e. The summed E-state index contributed by atoms with van der Waals surface area (Å²) in [6.07, 6.45) is 0. The molecular weight excluding hydrogens is 319 g/mol. The van der Waals surface area contributed by atoms with E-state index in [1.807, 2.05) is 30.3 Å². The summed E-state index contributed by atoms with van der Waals surface area (Å²) in [6, 6.07) is 13.7. The molecule has 0 radical (unpaired) electrons. The van der Waals surface area contributed by atoms with Crippen LogP contribution >= 0.6 is 0 Å². The number of hydrogen-bond donors (Lipinski definition) is 1. The van der Waals surface area contributed by atoms with Gasteiger partial charge in [-0.25, -0.2) is 0 Å². The molecule has 21 heavy (non-hydrogen) atoms. The van der Waals surface area contributed by atoms with Crippen molar-refractivity contribution in [2.24, 2.45) is 0 Å². The molecule has 2 aromatic carbocycles. The van der Waals surface area contributed by atoms with Crippen LogP contribution in [0.3, 0.4) is 0 Å². The van der Waals surface area contributed by atoms with Crippen molar-refractivity contribution in [1.29, 1.82) is 0 Å². The van der Waals surface area contributed by atoms with Crippen molar-refractivity contribution in [3.8, 4) is 11.5 Å². The predicted octanol–water partition coefficient (Wildman–Crippen LogP) is -0.363. The zero-order valence-electron chi connectivity index (χ0n) is 12.8. The van der Waals surface area contributed by atoms with Crippen LogP contribution in [0, 0.1) is 0 Å². The Labute approximate surface area is 167 Å². The van der Waals surface area contributed by atoms with Crippen molar-refractivity contribution in [2.45, 2.75) is 11.5 Å². The second-order valence-electron chi connectivity index (χ2n) is 4.06. The van der Waals surface area contributed by atoms with E-state index in [2.05, 4.69) is 0 Å². The van der Waals surface area contributed by atoms with Crippen LogP contribution in [-0.4, -0.2) is 20.1 Å². The maximum atomic E-state index is 11.1. The Morgan fingerprint density at radius 2 is 1.81 bits per heavy atom. The Morgan fingerprint density at radius 1 is 1.14 bits per heavy atom. The van der Waals surface area contributed by atoms with Gasteiger partial charge in [0.2, 0.25) is 0 Å². The molecule has 0 saturated carbocycles. The molecule has 0 aliphatic carbocycles. The van der Waals surface area contributed by atoms with Crippen molar-refractivity contribution in [3.63, 3.8) is 0 Å². The first kappa shape index (κ1) is 18.6. The molecule has 0 amide bonds. The fourth-order valence-electron chi connectivity index (χ4n) is 1.69. The zero-order valence-corrected chi connectivity index (χ0v) is 15.8. The molecule has 5 nitrogen and oxygen atoms in total. The molecule has 0 atom stereocenters. The normalized spacial score (nSPS) is 10.6. The summed E-state index contributed by atoms with van der Waals surface area (Å²) in [5, 5.41) is 0. The van der Waals surface area contributed by atoms with Gasteiger partial charge in [0.1, 0.15) is 23.0 Å². The summed E-state index contributed by atoms with van der Waals surface area (Å²) in [6.45, 7) is 0.356. The first-order chi connectivity index (χ1) is 9.50. The van der Waals surface area contributed by atoms with Gasteiger partial charge in [0.05, 0.1) is 7.11 Å². The van der Waals surface area contributed by atoms with E-state index in [1.165, 1.54) is 25.3 Å². The standard InChI is InChI=1S/C14H14O5S.K.H/c1-18-13-9-12(7-8-14(13)20(15,16)17)19-10-11-5-3-2-4-6-11;;/h2-9H,10H2,1H3,(H,15,16,17);;/q;+1;-1. The zero-order chi connectivity index (χ0) is 14.6. The SMILES string of the molecule is COc1cc(OCc2ccccc2)ccc1S(=O)(=O)O.[H-].[K+]. The van der Waals surface area contributed by atoms with E-state index in [-0.39, 0.29) is 63.5 Å². The van der Waals surface area contributed by atoms with Crippen LogP contribution in [0.2, 0.25) is 0 Å². The third-order valence-corrected chi connectivity index (χ3v) is 3.55. The Hall–Kier alpha value is -0.414. The molecular formula is C14H15KO5S. The number of methoxy groups -OCH3 is 1. The minimum absolute atomic E-state index is 0. The molecule has 108 valence electrons. The van der Waals surface area contributed by atoms with E-state index in [1.54, 1.807) is 0 Å². The van der Waals surface area contributed by atoms with Crippen molar-refractivity contribution in [3.05, 3.63) is 54.1 Å². The largest absolute Gasteiger partial charge is 1.00 e. The first-order valence-corrected chi connectivity index (χ1v) is 7.27. The Balaban J connectivity index is 0.00000220. The molecule has 2 rings (SSSR count). The van der Waals surface area contributed by atoms with Crippen LogP contribution in [0.25, 0.3) is 0 Å². The predicted molar refractivity (Wildman–Crippen MR) is 74.7 cm³/mol. The van der Waals surface area contributed by atoms with Crippen LogP contribution in [0.5, 0.6) is 11.5 Å². The van der Waals surface area contributed by atoms with Crippen molar-refractivity contribution in [2.75, 3.05) is 7.11 Å². The van der Waals surface area contributed by atoms with E-state index in [4.69, 9.17) is 14.0 Å². The summed E-state index contributed by atoms with van der Waals surface area (Å²) >= 11 is 0. The Kier molecular flexibility index (Phi) is 7.35. The summed E-state index contributed by atoms with van der Waals surface area (Å²) in [5.74, 6) is 0.496. The summed E-state index contributed by atoms with van der Waals surface area (Å²) in [5.41, 5.74) is 0.991. The van der Waals surface area contributed by atoms with Gasteiger partial charge < -0.3 is 10.9 Å². The van der Waals surface area contributed by atoms with Crippen LogP contribution in [0.15, 0.2) is 53.4 Å². The van der Waals surface area contributed by atoms with Gasteiger partial charge in [0.25, 0.3) is 10.1 Å². The van der Waals surface area contributed by atoms with Gasteiger partial charge in [-0.1, -0.05) is 30.3 Å². The molecule has 0 unspecified atom stereocenters. The smallest absolute Gasteiger partial charge is 1.00 e. The van der Waals surface area contributed by atoms with Crippen LogP contribution in [0.4, 0.5) is 0 Å². The fraction of sp³-hybridized carbons (Fsp3) is 0.143. The van der Waals surface area contributed by atoms with Gasteiger partial charge in [-0.15, -0.1) is 0 Å². The third-order valence-electron chi connectivity index (χ3n) is 2.66. The van der Waals surface area contributed by atoms with Crippen LogP contribution in [0.1, 0.15) is 6.99 Å². The molecule has 7 heteroatoms. The fourth-order valence-corrected chi connectivity index (χ4v) is 2.33. The molecule has 0 bridgehead atoms. The van der Waals surface area contributed by atoms with Crippen molar-refractivity contribution >= 4 is 10.1 Å². The van der Waals surface area contributed by atoms with Gasteiger partial charge in [-0.2, -0.15) is 8.42 Å². The van der Waals surface area contributed by atoms with Gasteiger partial charge in [-0.05, 0) is 17.7 Å². The molecule has 0 heterocycles. The Morgan fingerprint density at radius 3 is 2.38 bits per heavy atom. The van der Waals surface area contributed by atoms with E-state index < -0.39 is 10.1 Å². The number of rotatable bonds is 5. The second-order valence-corrected chi connectivity index (χ2v) is 5.45. The van der Waals surface area contributed by atoms with Gasteiger partial charge in [0, 0.05) is 6.07 Å². The van der Waals surface area contributed by atoms with E-state index in [9.17, 15) is 8.42 Å². The number of hydrogen-bond acceptors (Lipinski definition) is 4. The Bertz CT molecular complexity index is 692. The van der Waals surface area contributed by atoms with Gasteiger partial charge in [-0.3, -0.25) is 4.55 Å². The third kappa shape index (κ3) is 5.37. The molecule has 0 aliphatic heterocycles. The monoisotopic (exact) mass is 334 g/mol. The van der Waals surface area contributed by atoms with Gasteiger partial charge in [0.15, 0.2) is 0 Å².